The number of amides is 2. The highest BCUT2D eigenvalue weighted by Crippen LogP contribution is 2.32. The molecule has 1 aliphatic heterocycles. The zero-order valence-electron chi connectivity index (χ0n) is 19.7. The lowest BCUT2D eigenvalue weighted by Gasteiger charge is -2.27. The molecule has 1 fully saturated rings. The molecule has 2 amide bonds. The summed E-state index contributed by atoms with van der Waals surface area (Å²) in [5, 5.41) is 12.0. The van der Waals surface area contributed by atoms with E-state index in [4.69, 9.17) is 4.74 Å². The first kappa shape index (κ1) is 26.9. The largest absolute Gasteiger partial charge is 0.478 e. The highest BCUT2D eigenvalue weighted by atomic mass is 19.4. The molecule has 8 nitrogen and oxygen atoms in total. The first-order valence-corrected chi connectivity index (χ1v) is 11.0. The van der Waals surface area contributed by atoms with Crippen LogP contribution < -0.4 is 5.32 Å². The molecular formula is C24H25F4N3O5. The van der Waals surface area contributed by atoms with Crippen molar-refractivity contribution in [3.05, 3.63) is 53.3 Å². The topological polar surface area (TPSA) is 109 Å². The van der Waals surface area contributed by atoms with E-state index >= 15 is 0 Å². The number of rotatable bonds is 5. The molecule has 12 heteroatoms. The number of carboxylic acids is 1. The van der Waals surface area contributed by atoms with E-state index in [0.717, 1.165) is 35.4 Å². The van der Waals surface area contributed by atoms with E-state index in [0.29, 0.717) is 0 Å². The number of carboxylic acid groups (broad SMARTS) is 1. The van der Waals surface area contributed by atoms with Crippen molar-refractivity contribution in [2.75, 3.05) is 6.54 Å². The molecule has 0 bridgehead atoms. The summed E-state index contributed by atoms with van der Waals surface area (Å²) >= 11 is 0. The zero-order valence-corrected chi connectivity index (χ0v) is 19.7. The predicted octanol–water partition coefficient (Wildman–Crippen LogP) is 4.43. The maximum absolute atomic E-state index is 14.0. The van der Waals surface area contributed by atoms with Crippen LogP contribution in [0, 0.1) is 0 Å². The van der Waals surface area contributed by atoms with E-state index in [1.54, 1.807) is 20.8 Å². The maximum Gasteiger partial charge on any atom is 0.416 e. The minimum absolute atomic E-state index is 0.107. The summed E-state index contributed by atoms with van der Waals surface area (Å²) in [4.78, 5) is 41.8. The van der Waals surface area contributed by atoms with Crippen LogP contribution in [0.3, 0.4) is 0 Å². The van der Waals surface area contributed by atoms with Gasteiger partial charge in [-0.1, -0.05) is 12.1 Å². The van der Waals surface area contributed by atoms with Gasteiger partial charge in [0.1, 0.15) is 17.8 Å². The van der Waals surface area contributed by atoms with Gasteiger partial charge in [-0.25, -0.2) is 14.0 Å². The quantitative estimate of drug-likeness (QED) is 0.575. The first-order valence-electron chi connectivity index (χ1n) is 11.0. The van der Waals surface area contributed by atoms with Crippen molar-refractivity contribution in [1.29, 1.82) is 0 Å². The van der Waals surface area contributed by atoms with Crippen molar-refractivity contribution in [1.82, 2.24) is 15.2 Å². The lowest BCUT2D eigenvalue weighted by atomic mass is 9.99. The molecule has 0 spiro atoms. The lowest BCUT2D eigenvalue weighted by Crippen LogP contribution is -2.47. The third kappa shape index (κ3) is 6.49. The number of ether oxygens (including phenoxy) is 1. The van der Waals surface area contributed by atoms with E-state index in [2.05, 4.69) is 10.3 Å². The van der Waals surface area contributed by atoms with Gasteiger partial charge in [0, 0.05) is 12.6 Å². The average molecular weight is 511 g/mol. The van der Waals surface area contributed by atoms with Crippen LogP contribution in [-0.4, -0.2) is 57.3 Å². The van der Waals surface area contributed by atoms with Gasteiger partial charge < -0.3 is 15.2 Å². The Kier molecular flexibility index (Phi) is 7.56. The van der Waals surface area contributed by atoms with Gasteiger partial charge in [0.05, 0.1) is 29.9 Å². The van der Waals surface area contributed by atoms with Crippen molar-refractivity contribution >= 4 is 18.0 Å². The fraction of sp³-hybridized carbons (Fsp3) is 0.417. The first-order chi connectivity index (χ1) is 16.7. The van der Waals surface area contributed by atoms with Crippen LogP contribution in [0.1, 0.15) is 48.8 Å². The number of aromatic carboxylic acids is 1. The van der Waals surface area contributed by atoms with Crippen LogP contribution in [-0.2, 0) is 22.3 Å². The summed E-state index contributed by atoms with van der Waals surface area (Å²) in [6, 6.07) is 4.19. The number of halogens is 4. The summed E-state index contributed by atoms with van der Waals surface area (Å²) in [6.07, 6.45) is -5.96. The molecule has 0 saturated carbocycles. The molecule has 1 aromatic carbocycles. The Bertz CT molecular complexity index is 1150. The van der Waals surface area contributed by atoms with E-state index in [1.165, 1.54) is 6.07 Å². The van der Waals surface area contributed by atoms with Crippen molar-refractivity contribution in [3.63, 3.8) is 0 Å². The molecule has 2 aromatic rings. The third-order valence-corrected chi connectivity index (χ3v) is 5.34. The van der Waals surface area contributed by atoms with Gasteiger partial charge in [-0.05, 0) is 50.1 Å². The van der Waals surface area contributed by atoms with Crippen LogP contribution in [0.15, 0.2) is 36.5 Å². The van der Waals surface area contributed by atoms with Crippen LogP contribution in [0.2, 0.25) is 0 Å². The highest BCUT2D eigenvalue weighted by molar-refractivity contribution is 5.95. The Morgan fingerprint density at radius 3 is 2.36 bits per heavy atom. The number of aromatic nitrogens is 1. The van der Waals surface area contributed by atoms with Gasteiger partial charge in [-0.3, -0.25) is 14.7 Å². The molecule has 2 heterocycles. The second-order valence-electron chi connectivity index (χ2n) is 9.30. The summed E-state index contributed by atoms with van der Waals surface area (Å²) in [6.45, 7) is 4.44. The summed E-state index contributed by atoms with van der Waals surface area (Å²) in [7, 11) is 0. The molecular weight excluding hydrogens is 486 g/mol. The average Bonchev–Trinajstić information content (AvgIpc) is 3.17. The predicted molar refractivity (Wildman–Crippen MR) is 120 cm³/mol. The van der Waals surface area contributed by atoms with Crippen molar-refractivity contribution in [2.24, 2.45) is 0 Å². The van der Waals surface area contributed by atoms with E-state index < -0.39 is 47.5 Å². The highest BCUT2D eigenvalue weighted by Gasteiger charge is 2.41. The number of carbonyl (C=O) groups is 3. The third-order valence-electron chi connectivity index (χ3n) is 5.34. The number of hydrogen-bond donors (Lipinski definition) is 2. The Labute approximate surface area is 204 Å². The molecule has 3 rings (SSSR count). The summed E-state index contributed by atoms with van der Waals surface area (Å²) in [5.74, 6) is -1.98. The van der Waals surface area contributed by atoms with E-state index in [-0.39, 0.29) is 41.9 Å². The second kappa shape index (κ2) is 10.1. The Morgan fingerprint density at radius 1 is 1.17 bits per heavy atom. The number of benzene rings is 1. The monoisotopic (exact) mass is 511 g/mol. The summed E-state index contributed by atoms with van der Waals surface area (Å²) in [5.41, 5.74) is -1.43. The number of hydrogen-bond acceptors (Lipinski definition) is 5. The van der Waals surface area contributed by atoms with Crippen LogP contribution in [0.4, 0.5) is 22.4 Å². The molecule has 2 atom stereocenters. The van der Waals surface area contributed by atoms with Crippen molar-refractivity contribution in [2.45, 2.75) is 57.7 Å². The molecule has 0 radical (unpaired) electrons. The smallest absolute Gasteiger partial charge is 0.416 e. The minimum atomic E-state index is -4.55. The van der Waals surface area contributed by atoms with Gasteiger partial charge in [0.2, 0.25) is 5.91 Å². The second-order valence-corrected chi connectivity index (χ2v) is 9.30. The molecule has 1 aliphatic rings. The number of pyridine rings is 1. The number of nitrogens with one attached hydrogen (secondary N) is 1. The minimum Gasteiger partial charge on any atom is -0.478 e. The van der Waals surface area contributed by atoms with Crippen LogP contribution in [0.5, 0.6) is 0 Å². The van der Waals surface area contributed by atoms with Crippen LogP contribution in [0.25, 0.3) is 11.1 Å². The fourth-order valence-corrected chi connectivity index (χ4v) is 3.69. The normalized spacial score (nSPS) is 18.1. The van der Waals surface area contributed by atoms with Gasteiger partial charge in [0.15, 0.2) is 0 Å². The summed E-state index contributed by atoms with van der Waals surface area (Å²) < 4.78 is 57.9. The van der Waals surface area contributed by atoms with Gasteiger partial charge in [0.25, 0.3) is 0 Å². The number of carbonyl (C=O) groups excluding carboxylic acids is 2. The Hall–Kier alpha value is -3.70. The van der Waals surface area contributed by atoms with Gasteiger partial charge in [-0.2, -0.15) is 13.2 Å². The SMILES string of the molecule is CC(C)(C)OC(=O)N1CC(F)CC1C(=O)NCc1cc(-c2ccc(C(F)(F)F)cc2)c(C(=O)O)cn1. The molecule has 36 heavy (non-hydrogen) atoms. The molecule has 2 unspecified atom stereocenters. The molecule has 2 N–H and O–H groups in total. The molecule has 1 saturated heterocycles. The van der Waals surface area contributed by atoms with Gasteiger partial charge in [-0.15, -0.1) is 0 Å². The molecule has 0 aliphatic carbocycles. The number of likely N-dealkylation sites (tertiary alicyclic amines) is 1. The standard InChI is InChI=1S/C24H25F4N3O5/c1-23(2,3)36-22(35)31-12-15(25)8-19(31)20(32)30-10-16-9-17(18(11-29-16)21(33)34)13-4-6-14(7-5-13)24(26,27)28/h4-7,9,11,15,19H,8,10,12H2,1-3H3,(H,30,32)(H,33,34). The number of alkyl halides is 4. The molecule has 1 aromatic heterocycles. The van der Waals surface area contributed by atoms with Crippen LogP contribution >= 0.6 is 0 Å². The van der Waals surface area contributed by atoms with Crippen molar-refractivity contribution < 1.29 is 41.8 Å². The number of nitrogens with zero attached hydrogens (tertiary/aromatic N) is 2. The Balaban J connectivity index is 1.78. The Morgan fingerprint density at radius 2 is 1.81 bits per heavy atom. The maximum atomic E-state index is 14.0. The van der Waals surface area contributed by atoms with E-state index in [1.807, 2.05) is 0 Å². The van der Waals surface area contributed by atoms with Crippen molar-refractivity contribution in [3.8, 4) is 11.1 Å². The fourth-order valence-electron chi connectivity index (χ4n) is 3.69. The lowest BCUT2D eigenvalue weighted by molar-refractivity contribution is -0.137. The van der Waals surface area contributed by atoms with E-state index in [9.17, 15) is 37.1 Å². The molecule has 194 valence electrons. The zero-order chi connectivity index (χ0) is 26.8. The van der Waals surface area contributed by atoms with Gasteiger partial charge >= 0.3 is 18.2 Å².